The van der Waals surface area contributed by atoms with Gasteiger partial charge in [0.05, 0.1) is 20.8 Å². The molecule has 0 aliphatic heterocycles. The molecule has 0 aliphatic rings. The number of carbonyl (C=O) groups excluding carboxylic acids is 1. The fourth-order valence-corrected chi connectivity index (χ4v) is 1.56. The minimum Gasteiger partial charge on any atom is -0.496 e. The van der Waals surface area contributed by atoms with Gasteiger partial charge in [0.1, 0.15) is 17.1 Å². The Kier molecular flexibility index (Phi) is 4.73. The molecule has 100 valence electrons. The van der Waals surface area contributed by atoms with E-state index < -0.39 is 0 Å². The van der Waals surface area contributed by atoms with Crippen LogP contribution in [0.4, 0.5) is 0 Å². The maximum Gasteiger partial charge on any atom is 0.184 e. The third kappa shape index (κ3) is 3.74. The highest BCUT2D eigenvalue weighted by Gasteiger charge is 2.19. The number of ketones is 1. The lowest BCUT2D eigenvalue weighted by Gasteiger charge is -2.20. The Hall–Kier alpha value is -1.55. The number of ether oxygens (including phenoxy) is 2. The molecule has 0 amide bonds. The zero-order valence-electron chi connectivity index (χ0n) is 11.7. The van der Waals surface area contributed by atoms with Crippen LogP contribution in [-0.4, -0.2) is 32.1 Å². The van der Waals surface area contributed by atoms with E-state index in [1.165, 1.54) is 0 Å². The number of hydrogen-bond donors (Lipinski definition) is 1. The van der Waals surface area contributed by atoms with E-state index in [4.69, 9.17) is 9.47 Å². The lowest BCUT2D eigenvalue weighted by atomic mass is 10.1. The maximum absolute atomic E-state index is 12.2. The van der Waals surface area contributed by atoms with Crippen LogP contribution < -0.4 is 14.8 Å². The van der Waals surface area contributed by atoms with Gasteiger partial charge in [0.15, 0.2) is 5.78 Å². The Morgan fingerprint density at radius 3 is 2.06 bits per heavy atom. The predicted molar refractivity (Wildman–Crippen MR) is 71.6 cm³/mol. The van der Waals surface area contributed by atoms with E-state index in [9.17, 15) is 4.79 Å². The second-order valence-corrected chi connectivity index (χ2v) is 5.06. The number of carbonyl (C=O) groups is 1. The Morgan fingerprint density at radius 2 is 1.67 bits per heavy atom. The molecular weight excluding hydrogens is 230 g/mol. The van der Waals surface area contributed by atoms with Crippen LogP contribution >= 0.6 is 0 Å². The summed E-state index contributed by atoms with van der Waals surface area (Å²) in [6, 6.07) is 5.31. The minimum absolute atomic E-state index is 0.0424. The van der Waals surface area contributed by atoms with Crippen molar-refractivity contribution in [3.63, 3.8) is 0 Å². The zero-order valence-corrected chi connectivity index (χ0v) is 11.7. The molecule has 0 saturated carbocycles. The van der Waals surface area contributed by atoms with Gasteiger partial charge in [-0.3, -0.25) is 4.79 Å². The first-order valence-corrected chi connectivity index (χ1v) is 5.88. The van der Waals surface area contributed by atoms with Gasteiger partial charge in [0, 0.05) is 5.54 Å². The lowest BCUT2D eigenvalue weighted by molar-refractivity contribution is 0.0976. The molecule has 0 spiro atoms. The van der Waals surface area contributed by atoms with Crippen LogP contribution in [0.1, 0.15) is 31.1 Å². The molecule has 0 aromatic heterocycles. The van der Waals surface area contributed by atoms with Crippen molar-refractivity contribution in [2.75, 3.05) is 20.8 Å². The van der Waals surface area contributed by atoms with Crippen LogP contribution in [0.3, 0.4) is 0 Å². The fourth-order valence-electron chi connectivity index (χ4n) is 1.56. The Bertz CT molecular complexity index is 399. The Morgan fingerprint density at radius 1 is 1.17 bits per heavy atom. The Balaban J connectivity index is 2.96. The van der Waals surface area contributed by atoms with Crippen LogP contribution in [0.25, 0.3) is 0 Å². The molecule has 1 rings (SSSR count). The topological polar surface area (TPSA) is 47.6 Å². The van der Waals surface area contributed by atoms with Crippen molar-refractivity contribution in [1.29, 1.82) is 0 Å². The number of benzene rings is 1. The average molecular weight is 251 g/mol. The monoisotopic (exact) mass is 251 g/mol. The number of Topliss-reactive ketones (excluding diaryl/α,β-unsaturated/α-hetero) is 1. The largest absolute Gasteiger partial charge is 0.496 e. The maximum atomic E-state index is 12.2. The van der Waals surface area contributed by atoms with Gasteiger partial charge in [0.2, 0.25) is 0 Å². The van der Waals surface area contributed by atoms with Gasteiger partial charge in [-0.15, -0.1) is 0 Å². The second kappa shape index (κ2) is 5.87. The van der Waals surface area contributed by atoms with Crippen molar-refractivity contribution < 1.29 is 14.3 Å². The molecule has 0 heterocycles. The van der Waals surface area contributed by atoms with Gasteiger partial charge in [-0.05, 0) is 32.9 Å². The predicted octanol–water partition coefficient (Wildman–Crippen LogP) is 2.27. The standard InChI is InChI=1S/C14H21NO3/c1-14(2,3)15-9-10(16)13-11(17-4)7-6-8-12(13)18-5/h6-8,15H,9H2,1-5H3. The second-order valence-electron chi connectivity index (χ2n) is 5.06. The molecule has 0 atom stereocenters. The fraction of sp³-hybridized carbons (Fsp3) is 0.500. The van der Waals surface area contributed by atoms with E-state index in [0.29, 0.717) is 17.1 Å². The van der Waals surface area contributed by atoms with E-state index in [-0.39, 0.29) is 17.9 Å². The molecule has 1 N–H and O–H groups in total. The number of methoxy groups -OCH3 is 2. The summed E-state index contributed by atoms with van der Waals surface area (Å²) in [4.78, 5) is 12.2. The summed E-state index contributed by atoms with van der Waals surface area (Å²) in [5, 5.41) is 3.16. The van der Waals surface area contributed by atoms with Gasteiger partial charge in [-0.25, -0.2) is 0 Å². The highest BCUT2D eigenvalue weighted by Crippen LogP contribution is 2.28. The van der Waals surface area contributed by atoms with Crippen molar-refractivity contribution >= 4 is 5.78 Å². The summed E-state index contributed by atoms with van der Waals surface area (Å²) in [6.45, 7) is 6.29. The lowest BCUT2D eigenvalue weighted by Crippen LogP contribution is -2.39. The van der Waals surface area contributed by atoms with Crippen LogP contribution in [0.5, 0.6) is 11.5 Å². The molecule has 1 aromatic carbocycles. The Labute approximate surface area is 108 Å². The van der Waals surface area contributed by atoms with Crippen LogP contribution in [0.2, 0.25) is 0 Å². The first-order chi connectivity index (χ1) is 8.39. The summed E-state index contributed by atoms with van der Waals surface area (Å²) >= 11 is 0. The quantitative estimate of drug-likeness (QED) is 0.816. The van der Waals surface area contributed by atoms with Gasteiger partial charge in [0.25, 0.3) is 0 Å². The highest BCUT2D eigenvalue weighted by molar-refractivity contribution is 6.02. The third-order valence-electron chi connectivity index (χ3n) is 2.49. The smallest absolute Gasteiger partial charge is 0.184 e. The first-order valence-electron chi connectivity index (χ1n) is 5.88. The SMILES string of the molecule is COc1cccc(OC)c1C(=O)CNC(C)(C)C. The first kappa shape index (κ1) is 14.5. The third-order valence-corrected chi connectivity index (χ3v) is 2.49. The molecule has 0 fully saturated rings. The summed E-state index contributed by atoms with van der Waals surface area (Å²) < 4.78 is 10.4. The minimum atomic E-state index is -0.106. The number of nitrogens with one attached hydrogen (secondary N) is 1. The summed E-state index contributed by atoms with van der Waals surface area (Å²) in [5.74, 6) is 1.03. The van der Waals surface area contributed by atoms with Crippen molar-refractivity contribution in [3.8, 4) is 11.5 Å². The average Bonchev–Trinajstić information content (AvgIpc) is 2.33. The molecule has 18 heavy (non-hydrogen) atoms. The number of rotatable bonds is 5. The normalized spacial score (nSPS) is 11.2. The van der Waals surface area contributed by atoms with E-state index in [1.807, 2.05) is 20.8 Å². The van der Waals surface area contributed by atoms with E-state index in [0.717, 1.165) is 0 Å². The van der Waals surface area contributed by atoms with Gasteiger partial charge < -0.3 is 14.8 Å². The number of hydrogen-bond acceptors (Lipinski definition) is 4. The van der Waals surface area contributed by atoms with E-state index >= 15 is 0 Å². The van der Waals surface area contributed by atoms with Crippen molar-refractivity contribution in [2.45, 2.75) is 26.3 Å². The van der Waals surface area contributed by atoms with Gasteiger partial charge in [-0.1, -0.05) is 6.07 Å². The molecule has 0 bridgehead atoms. The summed E-state index contributed by atoms with van der Waals surface area (Å²) in [7, 11) is 3.09. The molecule has 0 unspecified atom stereocenters. The van der Waals surface area contributed by atoms with Crippen molar-refractivity contribution in [1.82, 2.24) is 5.32 Å². The van der Waals surface area contributed by atoms with E-state index in [1.54, 1.807) is 32.4 Å². The van der Waals surface area contributed by atoms with Crippen LogP contribution in [0.15, 0.2) is 18.2 Å². The molecule has 0 saturated heterocycles. The van der Waals surface area contributed by atoms with Crippen LogP contribution in [-0.2, 0) is 0 Å². The molecule has 0 aliphatic carbocycles. The van der Waals surface area contributed by atoms with Gasteiger partial charge in [-0.2, -0.15) is 0 Å². The van der Waals surface area contributed by atoms with Crippen molar-refractivity contribution in [2.24, 2.45) is 0 Å². The zero-order chi connectivity index (χ0) is 13.8. The van der Waals surface area contributed by atoms with Crippen molar-refractivity contribution in [3.05, 3.63) is 23.8 Å². The molecular formula is C14H21NO3. The van der Waals surface area contributed by atoms with Crippen LogP contribution in [0, 0.1) is 0 Å². The molecule has 0 radical (unpaired) electrons. The van der Waals surface area contributed by atoms with Gasteiger partial charge >= 0.3 is 0 Å². The molecule has 1 aromatic rings. The molecule has 4 nitrogen and oxygen atoms in total. The highest BCUT2D eigenvalue weighted by atomic mass is 16.5. The summed E-state index contributed by atoms with van der Waals surface area (Å²) in [6.07, 6.45) is 0. The summed E-state index contributed by atoms with van der Waals surface area (Å²) in [5.41, 5.74) is 0.379. The molecule has 4 heteroatoms. The van der Waals surface area contributed by atoms with E-state index in [2.05, 4.69) is 5.32 Å².